The topological polar surface area (TPSA) is 17.1 Å². The van der Waals surface area contributed by atoms with Gasteiger partial charge in [-0.05, 0) is 12.5 Å². The lowest BCUT2D eigenvalue weighted by molar-refractivity contribution is 0.0958. The summed E-state index contributed by atoms with van der Waals surface area (Å²) in [6.07, 6.45) is 0. The van der Waals surface area contributed by atoms with E-state index in [1.54, 1.807) is 0 Å². The van der Waals surface area contributed by atoms with Crippen molar-refractivity contribution in [2.75, 3.05) is 0 Å². The fourth-order valence-corrected chi connectivity index (χ4v) is 2.41. The molecule has 0 aliphatic carbocycles. The average Bonchev–Trinajstić information content (AvgIpc) is 2.40. The fourth-order valence-electron chi connectivity index (χ4n) is 1.74. The molecule has 0 aromatic heterocycles. The van der Waals surface area contributed by atoms with Crippen molar-refractivity contribution >= 4 is 28.4 Å². The van der Waals surface area contributed by atoms with Crippen LogP contribution in [0.5, 0.6) is 0 Å². The van der Waals surface area contributed by atoms with Crippen molar-refractivity contribution in [2.45, 2.75) is 10.3 Å². The second-order valence-corrected chi connectivity index (χ2v) is 6.22. The molecule has 2 aromatic carbocycles. The van der Waals surface area contributed by atoms with Crippen molar-refractivity contribution in [3.8, 4) is 0 Å². The number of carbonyl (C=O) groups excluding carboxylic acids is 1. The molecule has 0 bridgehead atoms. The minimum atomic E-state index is -0.514. The highest BCUT2D eigenvalue weighted by Crippen LogP contribution is 2.34. The zero-order chi connectivity index (χ0) is 12.3. The molecular formula is C15H13IO. The molecule has 0 N–H and O–H groups in total. The van der Waals surface area contributed by atoms with E-state index < -0.39 is 3.42 Å². The summed E-state index contributed by atoms with van der Waals surface area (Å²) in [5, 5.41) is 0. The van der Waals surface area contributed by atoms with E-state index in [2.05, 4.69) is 22.6 Å². The lowest BCUT2D eigenvalue weighted by atomic mass is 9.92. The van der Waals surface area contributed by atoms with Crippen LogP contribution in [0.25, 0.3) is 0 Å². The maximum Gasteiger partial charge on any atom is 0.182 e. The molecular weight excluding hydrogens is 323 g/mol. The van der Waals surface area contributed by atoms with Crippen molar-refractivity contribution in [1.82, 2.24) is 0 Å². The molecule has 0 aliphatic rings. The van der Waals surface area contributed by atoms with E-state index in [1.807, 2.05) is 67.6 Å². The Hall–Kier alpha value is -1.16. The molecule has 0 heterocycles. The molecule has 1 atom stereocenters. The van der Waals surface area contributed by atoms with Crippen LogP contribution in [0.2, 0.25) is 0 Å². The molecule has 1 nitrogen and oxygen atoms in total. The van der Waals surface area contributed by atoms with Gasteiger partial charge in [0.1, 0.15) is 3.42 Å². The van der Waals surface area contributed by atoms with Gasteiger partial charge in [0.05, 0.1) is 0 Å². The van der Waals surface area contributed by atoms with Crippen LogP contribution < -0.4 is 0 Å². The van der Waals surface area contributed by atoms with Gasteiger partial charge in [-0.2, -0.15) is 0 Å². The highest BCUT2D eigenvalue weighted by molar-refractivity contribution is 14.1. The van der Waals surface area contributed by atoms with Crippen LogP contribution >= 0.6 is 22.6 Å². The minimum absolute atomic E-state index is 0.143. The van der Waals surface area contributed by atoms with Gasteiger partial charge in [0.15, 0.2) is 5.78 Å². The van der Waals surface area contributed by atoms with Crippen LogP contribution in [-0.2, 0) is 3.42 Å². The standard InChI is InChI=1S/C15H13IO/c1-15(16,13-10-6-3-7-11-13)14(17)12-8-4-2-5-9-12/h2-11H,1H3. The molecule has 2 aromatic rings. The molecule has 2 heteroatoms. The summed E-state index contributed by atoms with van der Waals surface area (Å²) in [5.41, 5.74) is 1.79. The van der Waals surface area contributed by atoms with Crippen LogP contribution in [-0.4, -0.2) is 5.78 Å². The first-order valence-corrected chi connectivity index (χ1v) is 6.54. The maximum absolute atomic E-state index is 12.5. The summed E-state index contributed by atoms with van der Waals surface area (Å²) in [6.45, 7) is 1.96. The molecule has 86 valence electrons. The van der Waals surface area contributed by atoms with Crippen LogP contribution in [0.1, 0.15) is 22.8 Å². The molecule has 2 rings (SSSR count). The smallest absolute Gasteiger partial charge is 0.182 e. The monoisotopic (exact) mass is 336 g/mol. The van der Waals surface area contributed by atoms with Crippen molar-refractivity contribution in [3.63, 3.8) is 0 Å². The summed E-state index contributed by atoms with van der Waals surface area (Å²) in [5.74, 6) is 0.143. The van der Waals surface area contributed by atoms with Crippen LogP contribution in [0.4, 0.5) is 0 Å². The van der Waals surface area contributed by atoms with E-state index in [0.29, 0.717) is 0 Å². The van der Waals surface area contributed by atoms with E-state index in [4.69, 9.17) is 0 Å². The Bertz CT molecular complexity index is 503. The average molecular weight is 336 g/mol. The van der Waals surface area contributed by atoms with E-state index in [1.165, 1.54) is 0 Å². The first-order valence-electron chi connectivity index (χ1n) is 5.46. The zero-order valence-electron chi connectivity index (χ0n) is 9.56. The van der Waals surface area contributed by atoms with E-state index in [-0.39, 0.29) is 5.78 Å². The van der Waals surface area contributed by atoms with Crippen LogP contribution in [0.15, 0.2) is 60.7 Å². The second kappa shape index (κ2) is 5.00. The minimum Gasteiger partial charge on any atom is -0.292 e. The van der Waals surface area contributed by atoms with Gasteiger partial charge < -0.3 is 0 Å². The highest BCUT2D eigenvalue weighted by Gasteiger charge is 2.32. The lowest BCUT2D eigenvalue weighted by Gasteiger charge is -2.21. The third kappa shape index (κ3) is 2.57. The number of hydrogen-bond donors (Lipinski definition) is 0. The van der Waals surface area contributed by atoms with Crippen LogP contribution in [0, 0.1) is 0 Å². The van der Waals surface area contributed by atoms with Crippen LogP contribution in [0.3, 0.4) is 0 Å². The molecule has 0 spiro atoms. The normalized spacial score (nSPS) is 14.0. The molecule has 0 saturated carbocycles. The van der Waals surface area contributed by atoms with Gasteiger partial charge in [-0.15, -0.1) is 0 Å². The van der Waals surface area contributed by atoms with Gasteiger partial charge in [-0.3, -0.25) is 4.79 Å². The molecule has 17 heavy (non-hydrogen) atoms. The van der Waals surface area contributed by atoms with Gasteiger partial charge >= 0.3 is 0 Å². The van der Waals surface area contributed by atoms with E-state index in [9.17, 15) is 4.79 Å². The molecule has 1 unspecified atom stereocenters. The number of alkyl halides is 1. The highest BCUT2D eigenvalue weighted by atomic mass is 127. The van der Waals surface area contributed by atoms with E-state index >= 15 is 0 Å². The summed E-state index contributed by atoms with van der Waals surface area (Å²) in [6, 6.07) is 19.3. The number of carbonyl (C=O) groups is 1. The van der Waals surface area contributed by atoms with Crippen molar-refractivity contribution in [3.05, 3.63) is 71.8 Å². The molecule has 0 saturated heterocycles. The summed E-state index contributed by atoms with van der Waals surface area (Å²) >= 11 is 2.22. The molecule has 0 aliphatic heterocycles. The zero-order valence-corrected chi connectivity index (χ0v) is 11.7. The fraction of sp³-hybridized carbons (Fsp3) is 0.133. The predicted molar refractivity (Wildman–Crippen MR) is 78.6 cm³/mol. The number of halogens is 1. The maximum atomic E-state index is 12.5. The Kier molecular flexibility index (Phi) is 3.62. The molecule has 0 radical (unpaired) electrons. The Labute approximate surface area is 115 Å². The Morgan fingerprint density at radius 3 is 1.94 bits per heavy atom. The largest absolute Gasteiger partial charge is 0.292 e. The predicted octanol–water partition coefficient (Wildman–Crippen LogP) is 4.22. The number of hydrogen-bond acceptors (Lipinski definition) is 1. The van der Waals surface area contributed by atoms with E-state index in [0.717, 1.165) is 11.1 Å². The summed E-state index contributed by atoms with van der Waals surface area (Å²) in [7, 11) is 0. The summed E-state index contributed by atoms with van der Waals surface area (Å²) in [4.78, 5) is 12.5. The Morgan fingerprint density at radius 1 is 0.941 bits per heavy atom. The number of ketones is 1. The van der Waals surface area contributed by atoms with Gasteiger partial charge in [0, 0.05) is 5.56 Å². The lowest BCUT2D eigenvalue weighted by Crippen LogP contribution is -2.25. The van der Waals surface area contributed by atoms with Gasteiger partial charge in [-0.1, -0.05) is 83.3 Å². The summed E-state index contributed by atoms with van der Waals surface area (Å²) < 4.78 is -0.514. The number of rotatable bonds is 3. The quantitative estimate of drug-likeness (QED) is 0.466. The van der Waals surface area contributed by atoms with Gasteiger partial charge in [0.2, 0.25) is 0 Å². The Balaban J connectivity index is 2.37. The van der Waals surface area contributed by atoms with Gasteiger partial charge in [-0.25, -0.2) is 0 Å². The van der Waals surface area contributed by atoms with Gasteiger partial charge in [0.25, 0.3) is 0 Å². The second-order valence-electron chi connectivity index (χ2n) is 4.06. The number of benzene rings is 2. The SMILES string of the molecule is CC(I)(C(=O)c1ccccc1)c1ccccc1. The van der Waals surface area contributed by atoms with Crippen molar-refractivity contribution in [1.29, 1.82) is 0 Å². The third-order valence-electron chi connectivity index (χ3n) is 2.78. The number of Topliss-reactive ketones (excluding diaryl/α,β-unsaturated/α-hetero) is 1. The molecule has 0 fully saturated rings. The van der Waals surface area contributed by atoms with Crippen molar-refractivity contribution in [2.24, 2.45) is 0 Å². The van der Waals surface area contributed by atoms with Crippen molar-refractivity contribution < 1.29 is 4.79 Å². The first-order chi connectivity index (χ1) is 8.12. The first kappa shape index (κ1) is 12.3. The third-order valence-corrected chi connectivity index (χ3v) is 3.89. The molecule has 0 amide bonds. The Morgan fingerprint density at radius 2 is 1.41 bits per heavy atom.